The van der Waals surface area contributed by atoms with Gasteiger partial charge in [-0.15, -0.1) is 0 Å². The van der Waals surface area contributed by atoms with Crippen LogP contribution in [0.5, 0.6) is 0 Å². The molecule has 0 unspecified atom stereocenters. The smallest absolute Gasteiger partial charge is 0.407 e. The molecule has 8 nitrogen and oxygen atoms in total. The Morgan fingerprint density at radius 1 is 1.31 bits per heavy atom. The highest BCUT2D eigenvalue weighted by atomic mass is 16.6. The first-order chi connectivity index (χ1) is 14.0. The molecule has 154 valence electrons. The van der Waals surface area contributed by atoms with E-state index in [-0.39, 0.29) is 30.1 Å². The normalized spacial score (nSPS) is 20.9. The van der Waals surface area contributed by atoms with Gasteiger partial charge in [0, 0.05) is 36.0 Å². The molecule has 1 aliphatic carbocycles. The molecule has 0 bridgehead atoms. The number of aromatic nitrogens is 2. The van der Waals surface area contributed by atoms with Crippen molar-refractivity contribution in [2.24, 2.45) is 0 Å². The summed E-state index contributed by atoms with van der Waals surface area (Å²) in [5, 5.41) is 16.5. The quantitative estimate of drug-likeness (QED) is 0.620. The zero-order valence-corrected chi connectivity index (χ0v) is 16.7. The molecule has 1 saturated carbocycles. The third-order valence-corrected chi connectivity index (χ3v) is 5.45. The molecule has 2 heterocycles. The van der Waals surface area contributed by atoms with Gasteiger partial charge < -0.3 is 20.7 Å². The van der Waals surface area contributed by atoms with Gasteiger partial charge in [0.05, 0.1) is 6.42 Å². The van der Waals surface area contributed by atoms with Gasteiger partial charge in [0.2, 0.25) is 5.91 Å². The van der Waals surface area contributed by atoms with Gasteiger partial charge in [-0.2, -0.15) is 5.10 Å². The minimum Gasteiger partial charge on any atom is -0.446 e. The van der Waals surface area contributed by atoms with Crippen molar-refractivity contribution in [2.45, 2.75) is 64.1 Å². The third-order valence-electron chi connectivity index (χ3n) is 5.45. The van der Waals surface area contributed by atoms with Gasteiger partial charge in [-0.05, 0) is 50.3 Å². The minimum absolute atomic E-state index is 0.0352. The second-order valence-corrected chi connectivity index (χ2v) is 8.07. The van der Waals surface area contributed by atoms with Crippen molar-refractivity contribution in [3.8, 4) is 0 Å². The van der Waals surface area contributed by atoms with Crippen molar-refractivity contribution in [2.75, 3.05) is 5.32 Å². The third kappa shape index (κ3) is 4.52. The number of rotatable bonds is 5. The number of ether oxygens (including phenoxy) is 1. The highest BCUT2D eigenvalue weighted by Gasteiger charge is 2.30. The molecule has 1 aliphatic heterocycles. The van der Waals surface area contributed by atoms with Gasteiger partial charge in [-0.25, -0.2) is 4.79 Å². The van der Waals surface area contributed by atoms with E-state index in [9.17, 15) is 9.59 Å². The molecule has 1 aromatic heterocycles. The van der Waals surface area contributed by atoms with Crippen LogP contribution in [0.4, 0.5) is 16.3 Å². The molecular weight excluding hydrogens is 370 g/mol. The largest absolute Gasteiger partial charge is 0.446 e. The summed E-state index contributed by atoms with van der Waals surface area (Å²) in [4.78, 5) is 23.6. The number of fused-ring (bicyclic) bond motifs is 1. The lowest BCUT2D eigenvalue weighted by Crippen LogP contribution is -2.33. The standard InChI is InChI=1S/C21H27N5O3/c1-12(2)23-21(28)29-15-7-6-13(8-15)18-10-19(26-25-18)24-17-5-3-4-14-11-22-20(27)9-16(14)17/h3-5,10,12-13,15H,6-9,11H2,1-2H3,(H,22,27)(H,23,28)(H2,24,25,26)/t13-,15+/m0/s1. The number of alkyl carbamates (subject to hydrolysis) is 1. The molecule has 2 atom stereocenters. The van der Waals surface area contributed by atoms with E-state index in [4.69, 9.17) is 4.74 Å². The van der Waals surface area contributed by atoms with Crippen LogP contribution in [0.2, 0.25) is 0 Å². The molecule has 2 aromatic rings. The zero-order chi connectivity index (χ0) is 20.4. The van der Waals surface area contributed by atoms with Crippen LogP contribution in [0.3, 0.4) is 0 Å². The lowest BCUT2D eigenvalue weighted by atomic mass is 9.98. The Kier molecular flexibility index (Phi) is 5.42. The number of hydrogen-bond acceptors (Lipinski definition) is 5. The highest BCUT2D eigenvalue weighted by Crippen LogP contribution is 2.36. The van der Waals surface area contributed by atoms with Crippen LogP contribution in [0.1, 0.15) is 55.8 Å². The Morgan fingerprint density at radius 2 is 2.17 bits per heavy atom. The molecule has 0 saturated heterocycles. The van der Waals surface area contributed by atoms with E-state index in [1.165, 1.54) is 0 Å². The summed E-state index contributed by atoms with van der Waals surface area (Å²) in [5.74, 6) is 1.04. The number of anilines is 2. The van der Waals surface area contributed by atoms with Gasteiger partial charge in [0.25, 0.3) is 0 Å². The summed E-state index contributed by atoms with van der Waals surface area (Å²) in [5.41, 5.74) is 4.09. The van der Waals surface area contributed by atoms with E-state index in [2.05, 4.69) is 26.1 Å². The molecule has 1 aromatic carbocycles. The van der Waals surface area contributed by atoms with Crippen LogP contribution in [-0.4, -0.2) is 34.3 Å². The number of hydrogen-bond donors (Lipinski definition) is 4. The maximum atomic E-state index is 11.8. The van der Waals surface area contributed by atoms with Crippen molar-refractivity contribution in [3.63, 3.8) is 0 Å². The lowest BCUT2D eigenvalue weighted by molar-refractivity contribution is -0.121. The molecule has 0 radical (unpaired) electrons. The van der Waals surface area contributed by atoms with E-state index in [1.54, 1.807) is 0 Å². The predicted molar refractivity (Wildman–Crippen MR) is 109 cm³/mol. The number of H-pyrrole nitrogens is 1. The highest BCUT2D eigenvalue weighted by molar-refractivity contribution is 5.83. The first-order valence-electron chi connectivity index (χ1n) is 10.1. The van der Waals surface area contributed by atoms with Crippen molar-refractivity contribution < 1.29 is 14.3 Å². The van der Waals surface area contributed by atoms with Gasteiger partial charge >= 0.3 is 6.09 Å². The van der Waals surface area contributed by atoms with Crippen LogP contribution in [0.25, 0.3) is 0 Å². The summed E-state index contributed by atoms with van der Waals surface area (Å²) in [7, 11) is 0. The maximum absolute atomic E-state index is 11.8. The maximum Gasteiger partial charge on any atom is 0.407 e. The van der Waals surface area contributed by atoms with Gasteiger partial charge in [0.1, 0.15) is 6.10 Å². The number of aromatic amines is 1. The van der Waals surface area contributed by atoms with Gasteiger partial charge in [0.15, 0.2) is 5.82 Å². The summed E-state index contributed by atoms with van der Waals surface area (Å²) >= 11 is 0. The van der Waals surface area contributed by atoms with Gasteiger partial charge in [-0.3, -0.25) is 9.89 Å². The first-order valence-corrected chi connectivity index (χ1v) is 10.1. The van der Waals surface area contributed by atoms with Crippen LogP contribution in [-0.2, 0) is 22.5 Å². The van der Waals surface area contributed by atoms with E-state index in [0.717, 1.165) is 47.6 Å². The number of benzene rings is 1. The van der Waals surface area contributed by atoms with Crippen LogP contribution < -0.4 is 16.0 Å². The fourth-order valence-corrected chi connectivity index (χ4v) is 4.04. The summed E-state index contributed by atoms with van der Waals surface area (Å²) in [6.07, 6.45) is 2.53. The number of amides is 2. The SMILES string of the molecule is CC(C)NC(=O)O[C@@H]1CC[C@H](c2cc(Nc3cccc4c3CC(=O)NC4)n[nH]2)C1. The number of carbonyl (C=O) groups excluding carboxylic acids is 2. The molecule has 4 rings (SSSR count). The monoisotopic (exact) mass is 397 g/mol. The molecule has 29 heavy (non-hydrogen) atoms. The number of nitrogens with one attached hydrogen (secondary N) is 4. The Labute approximate surface area is 169 Å². The van der Waals surface area contributed by atoms with E-state index < -0.39 is 0 Å². The Morgan fingerprint density at radius 3 is 3.00 bits per heavy atom. The van der Waals surface area contributed by atoms with Crippen LogP contribution in [0, 0.1) is 0 Å². The minimum atomic E-state index is -0.351. The lowest BCUT2D eigenvalue weighted by Gasteiger charge is -2.20. The Hall–Kier alpha value is -3.03. The molecule has 2 aliphatic rings. The van der Waals surface area contributed by atoms with E-state index >= 15 is 0 Å². The summed E-state index contributed by atoms with van der Waals surface area (Å²) < 4.78 is 5.51. The number of nitrogens with zero attached hydrogens (tertiary/aromatic N) is 1. The summed E-state index contributed by atoms with van der Waals surface area (Å²) in [6.45, 7) is 4.38. The van der Waals surface area contributed by atoms with Crippen molar-refractivity contribution in [3.05, 3.63) is 41.1 Å². The topological polar surface area (TPSA) is 108 Å². The van der Waals surface area contributed by atoms with Crippen molar-refractivity contribution in [1.29, 1.82) is 0 Å². The predicted octanol–water partition coefficient (Wildman–Crippen LogP) is 3.10. The summed E-state index contributed by atoms with van der Waals surface area (Å²) in [6, 6.07) is 8.05. The van der Waals surface area contributed by atoms with Crippen molar-refractivity contribution in [1.82, 2.24) is 20.8 Å². The first kappa shape index (κ1) is 19.3. The van der Waals surface area contributed by atoms with Crippen molar-refractivity contribution >= 4 is 23.5 Å². The van der Waals surface area contributed by atoms with E-state index in [0.29, 0.717) is 13.0 Å². The van der Waals surface area contributed by atoms with Gasteiger partial charge in [-0.1, -0.05) is 12.1 Å². The van der Waals surface area contributed by atoms with Crippen LogP contribution >= 0.6 is 0 Å². The molecule has 0 spiro atoms. The molecule has 4 N–H and O–H groups in total. The second kappa shape index (κ2) is 8.14. The molecule has 1 fully saturated rings. The van der Waals surface area contributed by atoms with E-state index in [1.807, 2.05) is 38.1 Å². The Bertz CT molecular complexity index is 907. The second-order valence-electron chi connectivity index (χ2n) is 8.07. The molecule has 8 heteroatoms. The Balaban J connectivity index is 1.39. The average molecular weight is 397 g/mol. The average Bonchev–Trinajstić information content (AvgIpc) is 3.31. The molecular formula is C21H27N5O3. The van der Waals surface area contributed by atoms with Crippen LogP contribution in [0.15, 0.2) is 24.3 Å². The molecule has 2 amide bonds. The fraction of sp³-hybridized carbons (Fsp3) is 0.476. The fourth-order valence-electron chi connectivity index (χ4n) is 4.04. The zero-order valence-electron chi connectivity index (χ0n) is 16.7. The number of carbonyl (C=O) groups is 2.